The molecule has 0 saturated heterocycles. The average molecular weight is 518 g/mol. The fraction of sp³-hybridized carbons (Fsp3) is 0.769. The van der Waals surface area contributed by atoms with Crippen molar-refractivity contribution in [2.75, 3.05) is 0 Å². The van der Waals surface area contributed by atoms with Gasteiger partial charge in [0.15, 0.2) is 0 Å². The Balaban J connectivity index is 4.01. The molecule has 0 unspecified atom stereocenters. The minimum Gasteiger partial charge on any atom is -0.118 e. The first-order valence-electron chi connectivity index (χ1n) is 11.0. The molecule has 0 spiro atoms. The maximum atomic E-state index is 3.94. The van der Waals surface area contributed by atoms with Crippen molar-refractivity contribution in [3.8, 4) is 0 Å². The van der Waals surface area contributed by atoms with E-state index < -0.39 is 0 Å². The molecule has 0 N–H and O–H groups in total. The molecule has 0 atom stereocenters. The van der Waals surface area contributed by atoms with E-state index in [0.29, 0.717) is 0 Å². The summed E-state index contributed by atoms with van der Waals surface area (Å²) in [7, 11) is 0. The van der Waals surface area contributed by atoms with Gasteiger partial charge >= 0.3 is 0 Å². The molecule has 179 valence electrons. The smallest absolute Gasteiger partial charge is 0.0373 e. The molecule has 5 heteroatoms. The average Bonchev–Trinajstić information content (AvgIpc) is 2.39. The van der Waals surface area contributed by atoms with Gasteiger partial charge in [-0.2, -0.15) is 0 Å². The second kappa shape index (κ2) is 10.3. The van der Waals surface area contributed by atoms with Crippen LogP contribution in [0.15, 0.2) is 24.5 Å². The van der Waals surface area contributed by atoms with Crippen LogP contribution in [0.5, 0.6) is 0 Å². The van der Waals surface area contributed by atoms with Crippen LogP contribution >= 0.6 is 58.8 Å². The Morgan fingerprint density at radius 1 is 0.355 bits per heavy atom. The highest BCUT2D eigenvalue weighted by molar-refractivity contribution is 8.06. The first-order valence-corrected chi connectivity index (χ1v) is 15.1. The lowest BCUT2D eigenvalue weighted by atomic mass is 10.2. The Hall–Kier alpha value is 0.970. The molecular weight excluding hydrogens is 473 g/mol. The van der Waals surface area contributed by atoms with E-state index in [1.54, 1.807) is 0 Å². The molecule has 31 heavy (non-hydrogen) atoms. The van der Waals surface area contributed by atoms with Crippen molar-refractivity contribution in [2.24, 2.45) is 0 Å². The molecule has 0 fully saturated rings. The highest BCUT2D eigenvalue weighted by Crippen LogP contribution is 2.56. The number of benzene rings is 1. The Labute approximate surface area is 215 Å². The predicted molar refractivity (Wildman–Crippen MR) is 153 cm³/mol. The molecule has 0 aromatic heterocycles. The lowest BCUT2D eigenvalue weighted by Crippen LogP contribution is -2.16. The number of thioether (sulfide) groups is 5. The molecular formula is C26H45S5. The minimum absolute atomic E-state index is 0.134. The summed E-state index contributed by atoms with van der Waals surface area (Å²) >= 11 is 9.97. The quantitative estimate of drug-likeness (QED) is 0.355. The lowest BCUT2D eigenvalue weighted by Gasteiger charge is -2.32. The van der Waals surface area contributed by atoms with Crippen LogP contribution in [0, 0.1) is 6.07 Å². The van der Waals surface area contributed by atoms with E-state index in [-0.39, 0.29) is 23.7 Å². The van der Waals surface area contributed by atoms with Gasteiger partial charge in [0.1, 0.15) is 0 Å². The summed E-state index contributed by atoms with van der Waals surface area (Å²) < 4.78 is 0.674. The van der Waals surface area contributed by atoms with Gasteiger partial charge in [0, 0.05) is 54.3 Å². The van der Waals surface area contributed by atoms with Gasteiger partial charge in [-0.05, 0) is 0 Å². The number of rotatable bonds is 5. The number of hydrogen-bond acceptors (Lipinski definition) is 5. The molecule has 0 saturated carbocycles. The third kappa shape index (κ3) is 12.3. The maximum Gasteiger partial charge on any atom is 0.0373 e. The van der Waals surface area contributed by atoms with Crippen LogP contribution in [0.2, 0.25) is 0 Å². The standard InChI is InChI=1S/C26H45S5/c1-22(2,3)27-17-16-18(28-23(4,5)6)20(30-25(10,11)12)21(31-26(13,14)15)19(17)29-24(7,8)9/h1-15H3. The summed E-state index contributed by atoms with van der Waals surface area (Å²) in [6.07, 6.45) is 0. The van der Waals surface area contributed by atoms with Gasteiger partial charge in [-0.15, -0.1) is 58.8 Å². The lowest BCUT2D eigenvalue weighted by molar-refractivity contribution is 0.765. The van der Waals surface area contributed by atoms with Crippen molar-refractivity contribution in [1.29, 1.82) is 0 Å². The zero-order valence-corrected chi connectivity index (χ0v) is 26.6. The van der Waals surface area contributed by atoms with Crippen LogP contribution in [0.25, 0.3) is 0 Å². The largest absolute Gasteiger partial charge is 0.118 e. The van der Waals surface area contributed by atoms with Crippen molar-refractivity contribution in [2.45, 2.75) is 152 Å². The van der Waals surface area contributed by atoms with E-state index >= 15 is 0 Å². The van der Waals surface area contributed by atoms with Gasteiger partial charge in [-0.1, -0.05) is 104 Å². The van der Waals surface area contributed by atoms with Crippen LogP contribution in [-0.2, 0) is 0 Å². The topological polar surface area (TPSA) is 0 Å². The Kier molecular flexibility index (Phi) is 9.97. The first kappa shape index (κ1) is 30.0. The molecule has 1 rings (SSSR count). The Morgan fingerprint density at radius 3 is 0.806 bits per heavy atom. The molecule has 0 aliphatic rings. The van der Waals surface area contributed by atoms with E-state index in [9.17, 15) is 0 Å². The monoisotopic (exact) mass is 517 g/mol. The highest BCUT2D eigenvalue weighted by Gasteiger charge is 2.32. The Morgan fingerprint density at radius 2 is 0.581 bits per heavy atom. The minimum atomic E-state index is 0.134. The molecule has 1 aromatic rings. The molecule has 0 aliphatic heterocycles. The van der Waals surface area contributed by atoms with Gasteiger partial charge < -0.3 is 0 Å². The summed E-state index contributed by atoms with van der Waals surface area (Å²) in [5, 5.41) is 0. The van der Waals surface area contributed by atoms with E-state index in [2.05, 4.69) is 110 Å². The second-order valence-corrected chi connectivity index (χ2v) is 22.0. The zero-order chi connectivity index (χ0) is 24.6. The number of hydrogen-bond donors (Lipinski definition) is 0. The van der Waals surface area contributed by atoms with Crippen molar-refractivity contribution in [1.82, 2.24) is 0 Å². The summed E-state index contributed by atoms with van der Waals surface area (Å²) in [6.45, 7) is 34.8. The molecule has 1 radical (unpaired) electrons. The third-order valence-corrected chi connectivity index (χ3v) is 9.53. The molecule has 0 bridgehead atoms. The maximum absolute atomic E-state index is 3.94. The summed E-state index contributed by atoms with van der Waals surface area (Å²) in [5.41, 5.74) is 0. The van der Waals surface area contributed by atoms with E-state index in [4.69, 9.17) is 0 Å². The van der Waals surface area contributed by atoms with E-state index in [1.165, 1.54) is 24.5 Å². The SMILES string of the molecule is CC(C)(C)Sc1[c]c(SC(C)(C)C)c(SC(C)(C)C)c(SC(C)(C)C)c1SC(C)(C)C. The van der Waals surface area contributed by atoms with Gasteiger partial charge in [0.05, 0.1) is 0 Å². The van der Waals surface area contributed by atoms with Crippen LogP contribution in [0.4, 0.5) is 0 Å². The van der Waals surface area contributed by atoms with Crippen molar-refractivity contribution in [3.63, 3.8) is 0 Å². The predicted octanol–water partition coefficient (Wildman–Crippen LogP) is 10.9. The summed E-state index contributed by atoms with van der Waals surface area (Å²) in [6, 6.07) is 3.94. The van der Waals surface area contributed by atoms with Crippen molar-refractivity contribution >= 4 is 58.8 Å². The fourth-order valence-corrected chi connectivity index (χ4v) is 8.56. The molecule has 0 heterocycles. The first-order chi connectivity index (χ1) is 13.5. The van der Waals surface area contributed by atoms with Gasteiger partial charge in [0.2, 0.25) is 0 Å². The van der Waals surface area contributed by atoms with Crippen LogP contribution in [0.3, 0.4) is 0 Å². The second-order valence-electron chi connectivity index (χ2n) is 12.8. The molecule has 0 aliphatic carbocycles. The van der Waals surface area contributed by atoms with Gasteiger partial charge in [-0.25, -0.2) is 0 Å². The molecule has 0 nitrogen and oxygen atoms in total. The summed E-state index contributed by atoms with van der Waals surface area (Å²) in [5.74, 6) is 0. The van der Waals surface area contributed by atoms with Crippen LogP contribution < -0.4 is 0 Å². The van der Waals surface area contributed by atoms with Gasteiger partial charge in [0.25, 0.3) is 0 Å². The van der Waals surface area contributed by atoms with E-state index in [1.807, 2.05) is 58.8 Å². The molecule has 0 amide bonds. The molecule has 1 aromatic carbocycles. The summed E-state index contributed by atoms with van der Waals surface area (Å²) in [4.78, 5) is 6.90. The van der Waals surface area contributed by atoms with Crippen LogP contribution in [-0.4, -0.2) is 23.7 Å². The van der Waals surface area contributed by atoms with Gasteiger partial charge in [-0.3, -0.25) is 0 Å². The van der Waals surface area contributed by atoms with Crippen LogP contribution in [0.1, 0.15) is 104 Å². The third-order valence-electron chi connectivity index (χ3n) is 3.09. The van der Waals surface area contributed by atoms with Crippen molar-refractivity contribution in [3.05, 3.63) is 6.07 Å². The fourth-order valence-electron chi connectivity index (χ4n) is 2.48. The van der Waals surface area contributed by atoms with Crippen molar-refractivity contribution < 1.29 is 0 Å². The zero-order valence-electron chi connectivity index (χ0n) is 22.5. The van der Waals surface area contributed by atoms with E-state index in [0.717, 1.165) is 0 Å². The highest BCUT2D eigenvalue weighted by atomic mass is 32.2. The normalized spacial score (nSPS) is 14.3. The Bertz CT molecular complexity index is 691.